The van der Waals surface area contributed by atoms with Crippen molar-refractivity contribution in [3.8, 4) is 0 Å². The second-order valence-electron chi connectivity index (χ2n) is 9.66. The fourth-order valence-electron chi connectivity index (χ4n) is 5.75. The van der Waals surface area contributed by atoms with Crippen LogP contribution in [0.25, 0.3) is 0 Å². The minimum absolute atomic E-state index is 0.0654. The Bertz CT molecular complexity index is 869. The lowest BCUT2D eigenvalue weighted by Gasteiger charge is -2.34. The Balaban J connectivity index is 1.35. The molecule has 0 aliphatic heterocycles. The Morgan fingerprint density at radius 2 is 1.44 bits per heavy atom. The Morgan fingerprint density at radius 3 is 1.97 bits per heavy atom. The maximum absolute atomic E-state index is 13.7. The predicted molar refractivity (Wildman–Crippen MR) is 94.9 cm³/mol. The molecule has 3 fully saturated rings. The zero-order valence-electron chi connectivity index (χ0n) is 17.5. The first-order valence-corrected chi connectivity index (χ1v) is 10.8. The van der Waals surface area contributed by atoms with Crippen LogP contribution >= 0.6 is 0 Å². The van der Waals surface area contributed by atoms with E-state index in [9.17, 15) is 49.1 Å². The van der Waals surface area contributed by atoms with E-state index in [-0.39, 0.29) is 24.2 Å². The van der Waals surface area contributed by atoms with Gasteiger partial charge in [0.15, 0.2) is 6.61 Å². The summed E-state index contributed by atoms with van der Waals surface area (Å²) in [6.07, 6.45) is -1.29. The van der Waals surface area contributed by atoms with Crippen LogP contribution in [0.3, 0.4) is 0 Å². The van der Waals surface area contributed by atoms with E-state index in [0.717, 1.165) is 6.42 Å². The van der Waals surface area contributed by atoms with Crippen LogP contribution in [0, 0.1) is 35.5 Å². The van der Waals surface area contributed by atoms with Gasteiger partial charge in [0.25, 0.3) is 0 Å². The first-order valence-electron chi connectivity index (χ1n) is 10.8. The van der Waals surface area contributed by atoms with Gasteiger partial charge < -0.3 is 9.47 Å². The molecule has 7 unspecified atom stereocenters. The van der Waals surface area contributed by atoms with Crippen molar-refractivity contribution in [1.82, 2.24) is 0 Å². The third kappa shape index (κ3) is 3.96. The van der Waals surface area contributed by atoms with E-state index in [2.05, 4.69) is 4.74 Å². The average molecular weight is 508 g/mol. The lowest BCUT2D eigenvalue weighted by molar-refractivity contribution is -0.399. The molecule has 0 aromatic carbocycles. The van der Waals surface area contributed by atoms with Crippen LogP contribution in [0.4, 0.5) is 39.5 Å². The van der Waals surface area contributed by atoms with Gasteiger partial charge in [-0.15, -0.1) is 0 Å². The summed E-state index contributed by atoms with van der Waals surface area (Å²) in [5.41, 5.74) is 0. The summed E-state index contributed by atoms with van der Waals surface area (Å²) >= 11 is 0. The molecule has 4 nitrogen and oxygen atoms in total. The number of halogens is 9. The number of carbonyl (C=O) groups is 2. The van der Waals surface area contributed by atoms with Crippen molar-refractivity contribution < 1.29 is 58.6 Å². The predicted octanol–water partition coefficient (Wildman–Crippen LogP) is 5.17. The highest BCUT2D eigenvalue weighted by molar-refractivity contribution is 5.75. The molecule has 0 spiro atoms. The van der Waals surface area contributed by atoms with Crippen molar-refractivity contribution in [3.05, 3.63) is 12.2 Å². The third-order valence-electron chi connectivity index (χ3n) is 7.51. The number of ether oxygens (including phenoxy) is 2. The largest absolute Gasteiger partial charge is 0.462 e. The molecule has 4 aliphatic carbocycles. The number of allylic oxidation sites excluding steroid dienone is 2. The lowest BCUT2D eigenvalue weighted by atomic mass is 9.86. The van der Waals surface area contributed by atoms with Crippen LogP contribution in [0.1, 0.15) is 32.1 Å². The molecular formula is C21H21F9O4. The van der Waals surface area contributed by atoms with Gasteiger partial charge >= 0.3 is 35.9 Å². The number of fused-ring (bicyclic) bond motifs is 4. The minimum atomic E-state index is -7.05. The highest BCUT2D eigenvalue weighted by atomic mass is 19.4. The number of esters is 2. The number of carbonyl (C=O) groups excluding carboxylic acids is 2. The van der Waals surface area contributed by atoms with Crippen LogP contribution in [0.15, 0.2) is 12.2 Å². The van der Waals surface area contributed by atoms with Gasteiger partial charge in [0, 0.05) is 5.92 Å². The zero-order valence-corrected chi connectivity index (χ0v) is 17.5. The van der Waals surface area contributed by atoms with E-state index >= 15 is 0 Å². The number of alkyl halides is 9. The van der Waals surface area contributed by atoms with E-state index in [1.165, 1.54) is 0 Å². The van der Waals surface area contributed by atoms with E-state index in [4.69, 9.17) is 4.74 Å². The fraction of sp³-hybridized carbons (Fsp3) is 0.810. The van der Waals surface area contributed by atoms with Gasteiger partial charge in [-0.05, 0) is 49.9 Å². The molecule has 7 atom stereocenters. The quantitative estimate of drug-likeness (QED) is 0.271. The summed E-state index contributed by atoms with van der Waals surface area (Å²) in [5, 5.41) is 0. The third-order valence-corrected chi connectivity index (χ3v) is 7.51. The summed E-state index contributed by atoms with van der Waals surface area (Å²) in [6.45, 7) is -2.65. The Hall–Kier alpha value is -1.95. The highest BCUT2D eigenvalue weighted by Crippen LogP contribution is 2.54. The summed E-state index contributed by atoms with van der Waals surface area (Å²) in [7, 11) is 0. The second kappa shape index (κ2) is 8.04. The van der Waals surface area contributed by atoms with E-state index in [1.807, 2.05) is 12.2 Å². The smallest absolute Gasteiger partial charge is 0.460 e. The Kier molecular flexibility index (Phi) is 5.95. The van der Waals surface area contributed by atoms with Gasteiger partial charge in [-0.3, -0.25) is 9.59 Å². The Labute approximate surface area is 187 Å². The monoisotopic (exact) mass is 508 g/mol. The molecule has 0 radical (unpaired) electrons. The molecule has 4 aliphatic rings. The first-order chi connectivity index (χ1) is 15.5. The van der Waals surface area contributed by atoms with Crippen molar-refractivity contribution in [2.45, 2.75) is 62.2 Å². The van der Waals surface area contributed by atoms with Crippen LogP contribution in [0.5, 0.6) is 0 Å². The van der Waals surface area contributed by atoms with Crippen molar-refractivity contribution >= 4 is 11.9 Å². The van der Waals surface area contributed by atoms with Crippen LogP contribution < -0.4 is 0 Å². The molecule has 34 heavy (non-hydrogen) atoms. The molecule has 0 saturated heterocycles. The van der Waals surface area contributed by atoms with Gasteiger partial charge in [0.1, 0.15) is 6.10 Å². The molecule has 192 valence electrons. The first kappa shape index (κ1) is 25.2. The van der Waals surface area contributed by atoms with E-state index < -0.39 is 60.4 Å². The van der Waals surface area contributed by atoms with E-state index in [0.29, 0.717) is 25.2 Å². The van der Waals surface area contributed by atoms with Crippen molar-refractivity contribution in [1.29, 1.82) is 0 Å². The molecule has 3 saturated carbocycles. The van der Waals surface area contributed by atoms with Gasteiger partial charge in [0.2, 0.25) is 0 Å². The summed E-state index contributed by atoms with van der Waals surface area (Å²) in [5.74, 6) is -23.6. The van der Waals surface area contributed by atoms with Gasteiger partial charge in [-0.25, -0.2) is 0 Å². The average Bonchev–Trinajstić information content (AvgIpc) is 3.51. The zero-order chi connectivity index (χ0) is 25.3. The van der Waals surface area contributed by atoms with Crippen molar-refractivity contribution in [2.75, 3.05) is 6.61 Å². The molecular weight excluding hydrogens is 487 g/mol. The van der Waals surface area contributed by atoms with Gasteiger partial charge in [-0.2, -0.15) is 39.5 Å². The molecule has 4 bridgehead atoms. The molecule has 0 N–H and O–H groups in total. The normalized spacial score (nSPS) is 35.1. The molecule has 0 aromatic rings. The van der Waals surface area contributed by atoms with Gasteiger partial charge in [0.05, 0.1) is 11.8 Å². The topological polar surface area (TPSA) is 52.6 Å². The van der Waals surface area contributed by atoms with Crippen molar-refractivity contribution in [2.24, 2.45) is 35.5 Å². The lowest BCUT2D eigenvalue weighted by Crippen LogP contribution is -2.62. The minimum Gasteiger partial charge on any atom is -0.462 e. The number of hydrogen-bond donors (Lipinski definition) is 0. The van der Waals surface area contributed by atoms with Crippen LogP contribution in [-0.2, 0) is 19.1 Å². The molecule has 0 heterocycles. The standard InChI is InChI=1S/C21H21F9O4/c22-18(23,19(24,25)20(26,27)21(28,29)30)8-33-16(31)14-6-10-5-13(14)15(7-10)34-17(32)12-4-9-1-2-11(12)3-9/h1-2,9-15H,3-8H2. The van der Waals surface area contributed by atoms with Crippen molar-refractivity contribution in [3.63, 3.8) is 0 Å². The van der Waals surface area contributed by atoms with Crippen LogP contribution in [0.2, 0.25) is 0 Å². The maximum atomic E-state index is 13.7. The number of hydrogen-bond acceptors (Lipinski definition) is 4. The second-order valence-corrected chi connectivity index (χ2v) is 9.66. The maximum Gasteiger partial charge on any atom is 0.460 e. The SMILES string of the molecule is O=C(OC1CC2CC(C(=O)OCC(F)(F)C(F)(F)C(F)(F)C(F)(F)F)C1C2)C1CC2C=CC1C2. The Morgan fingerprint density at radius 1 is 0.765 bits per heavy atom. The molecule has 13 heteroatoms. The van der Waals surface area contributed by atoms with Gasteiger partial charge in [-0.1, -0.05) is 12.2 Å². The summed E-state index contributed by atoms with van der Waals surface area (Å²) < 4.78 is 126. The fourth-order valence-corrected chi connectivity index (χ4v) is 5.75. The molecule has 0 amide bonds. The summed E-state index contributed by atoms with van der Waals surface area (Å²) in [4.78, 5) is 24.9. The number of rotatable bonds is 7. The van der Waals surface area contributed by atoms with E-state index in [1.54, 1.807) is 0 Å². The highest BCUT2D eigenvalue weighted by Gasteiger charge is 2.82. The molecule has 4 rings (SSSR count). The molecule has 0 aromatic heterocycles. The van der Waals surface area contributed by atoms with Crippen LogP contribution in [-0.4, -0.2) is 48.6 Å². The summed E-state index contributed by atoms with van der Waals surface area (Å²) in [6, 6.07) is 0.